The Balaban J connectivity index is 2.66. The summed E-state index contributed by atoms with van der Waals surface area (Å²) in [5.41, 5.74) is 1.99. The molecule has 0 amide bonds. The van der Waals surface area contributed by atoms with Crippen LogP contribution in [0.15, 0.2) is 34.8 Å². The predicted octanol–water partition coefficient (Wildman–Crippen LogP) is 3.61. The maximum absolute atomic E-state index is 12.0. The summed E-state index contributed by atoms with van der Waals surface area (Å²) < 4.78 is 0. The Morgan fingerprint density at radius 1 is 1.50 bits per heavy atom. The first-order valence-corrected chi connectivity index (χ1v) is 6.89. The van der Waals surface area contributed by atoms with Crippen molar-refractivity contribution in [2.24, 2.45) is 10.9 Å². The van der Waals surface area contributed by atoms with Crippen molar-refractivity contribution in [3.8, 4) is 0 Å². The van der Waals surface area contributed by atoms with E-state index in [1.54, 1.807) is 19.1 Å². The Morgan fingerprint density at radius 3 is 2.75 bits per heavy atom. The number of nitrogens with one attached hydrogen (secondary N) is 1. The van der Waals surface area contributed by atoms with Gasteiger partial charge in [0.05, 0.1) is 11.5 Å². The first kappa shape index (κ1) is 14.8. The smallest absolute Gasteiger partial charge is 0.139 e. The molecule has 1 unspecified atom stereocenters. The van der Waals surface area contributed by atoms with E-state index in [9.17, 15) is 4.79 Å². The van der Waals surface area contributed by atoms with Crippen molar-refractivity contribution in [1.82, 2.24) is 0 Å². The number of benzene rings is 1. The number of aliphatic imine (C=N–C) groups is 1. The zero-order valence-corrected chi connectivity index (χ0v) is 12.7. The van der Waals surface area contributed by atoms with E-state index in [0.717, 1.165) is 5.56 Å². The molecule has 1 aliphatic rings. The van der Waals surface area contributed by atoms with Crippen LogP contribution in [0.4, 0.5) is 0 Å². The van der Waals surface area contributed by atoms with Crippen LogP contribution < -0.4 is 0 Å². The summed E-state index contributed by atoms with van der Waals surface area (Å²) >= 11 is 11.2. The van der Waals surface area contributed by atoms with Gasteiger partial charge in [-0.25, -0.2) is 4.99 Å². The molecule has 0 fully saturated rings. The summed E-state index contributed by atoms with van der Waals surface area (Å²) in [6.45, 7) is 3.31. The molecule has 0 spiro atoms. The molecular weight excluding hydrogens is 292 g/mol. The van der Waals surface area contributed by atoms with E-state index in [4.69, 9.17) is 29.2 Å². The van der Waals surface area contributed by atoms with E-state index in [2.05, 4.69) is 10.9 Å². The Morgan fingerprint density at radius 2 is 2.20 bits per heavy atom. The lowest BCUT2D eigenvalue weighted by molar-refractivity contribution is -0.119. The molecule has 1 aromatic carbocycles. The van der Waals surface area contributed by atoms with Gasteiger partial charge >= 0.3 is 0 Å². The van der Waals surface area contributed by atoms with Gasteiger partial charge in [0.1, 0.15) is 10.8 Å². The van der Waals surface area contributed by atoms with E-state index in [1.807, 2.05) is 12.1 Å². The number of hydrogen-bond acceptors (Lipinski definition) is 3. The average molecular weight is 305 g/mol. The average Bonchev–Trinajstić information content (AvgIpc) is 2.37. The number of carbonyl (C=O) groups is 1. The van der Waals surface area contributed by atoms with Gasteiger partial charge in [0.25, 0.3) is 0 Å². The SMILES string of the molecule is CC(=O)C1C(C)=NC(=S)C(=C=N)[C@H]1c1cccc(Cl)c1. The van der Waals surface area contributed by atoms with Crippen molar-refractivity contribution in [3.05, 3.63) is 40.4 Å². The molecule has 5 heteroatoms. The van der Waals surface area contributed by atoms with Crippen molar-refractivity contribution in [3.63, 3.8) is 0 Å². The highest BCUT2D eigenvalue weighted by atomic mass is 35.5. The molecule has 2 rings (SSSR count). The third-order valence-corrected chi connectivity index (χ3v) is 3.93. The van der Waals surface area contributed by atoms with E-state index in [0.29, 0.717) is 21.3 Å². The van der Waals surface area contributed by atoms with Crippen molar-refractivity contribution in [2.45, 2.75) is 19.8 Å². The van der Waals surface area contributed by atoms with Gasteiger partial charge in [-0.15, -0.1) is 0 Å². The lowest BCUT2D eigenvalue weighted by Crippen LogP contribution is -2.34. The van der Waals surface area contributed by atoms with E-state index in [1.165, 1.54) is 6.92 Å². The van der Waals surface area contributed by atoms with Crippen LogP contribution in [0.25, 0.3) is 0 Å². The van der Waals surface area contributed by atoms with Gasteiger partial charge in [-0.2, -0.15) is 0 Å². The minimum absolute atomic E-state index is 0.00789. The Bertz CT molecular complexity index is 674. The molecule has 20 heavy (non-hydrogen) atoms. The molecule has 102 valence electrons. The summed E-state index contributed by atoms with van der Waals surface area (Å²) in [4.78, 5) is 16.5. The molecule has 3 nitrogen and oxygen atoms in total. The second-order valence-corrected chi connectivity index (χ2v) is 5.54. The van der Waals surface area contributed by atoms with E-state index < -0.39 is 5.92 Å². The molecule has 0 aromatic heterocycles. The Labute approximate surface area is 127 Å². The quantitative estimate of drug-likeness (QED) is 0.515. The lowest BCUT2D eigenvalue weighted by Gasteiger charge is -2.30. The van der Waals surface area contributed by atoms with Gasteiger partial charge in [-0.3, -0.25) is 10.2 Å². The van der Waals surface area contributed by atoms with Gasteiger partial charge in [0.15, 0.2) is 0 Å². The van der Waals surface area contributed by atoms with Gasteiger partial charge in [0, 0.05) is 16.7 Å². The Kier molecular flexibility index (Phi) is 4.29. The molecule has 1 aromatic rings. The molecule has 2 atom stereocenters. The molecule has 0 bridgehead atoms. The fourth-order valence-electron chi connectivity index (χ4n) is 2.55. The summed E-state index contributed by atoms with van der Waals surface area (Å²) in [5, 5.41) is 8.05. The molecule has 0 aliphatic carbocycles. The largest absolute Gasteiger partial charge is 0.299 e. The Hall–Kier alpha value is -1.61. The third-order valence-electron chi connectivity index (χ3n) is 3.38. The monoisotopic (exact) mass is 304 g/mol. The molecule has 1 heterocycles. The zero-order valence-electron chi connectivity index (χ0n) is 11.1. The minimum Gasteiger partial charge on any atom is -0.299 e. The fraction of sp³-hybridized carbons (Fsp3) is 0.267. The van der Waals surface area contributed by atoms with Crippen LogP contribution in [0, 0.1) is 11.3 Å². The molecule has 1 N–H and O–H groups in total. The van der Waals surface area contributed by atoms with Crippen LogP contribution in [0.3, 0.4) is 0 Å². The van der Waals surface area contributed by atoms with Crippen LogP contribution in [0.2, 0.25) is 5.02 Å². The van der Waals surface area contributed by atoms with Gasteiger partial charge < -0.3 is 0 Å². The topological polar surface area (TPSA) is 53.3 Å². The number of halogens is 1. The van der Waals surface area contributed by atoms with Crippen LogP contribution in [-0.2, 0) is 4.79 Å². The summed E-state index contributed by atoms with van der Waals surface area (Å²) in [7, 11) is 0. The molecule has 1 aliphatic heterocycles. The van der Waals surface area contributed by atoms with Gasteiger partial charge in [-0.1, -0.05) is 36.0 Å². The summed E-state index contributed by atoms with van der Waals surface area (Å²) in [6.07, 6.45) is 0. The third kappa shape index (κ3) is 2.63. The van der Waals surface area contributed by atoms with Gasteiger partial charge in [0.2, 0.25) is 0 Å². The predicted molar refractivity (Wildman–Crippen MR) is 85.3 cm³/mol. The van der Waals surface area contributed by atoms with Gasteiger partial charge in [-0.05, 0) is 37.4 Å². The maximum atomic E-state index is 12.0. The number of nitrogens with zero attached hydrogens (tertiary/aromatic N) is 1. The number of Topliss-reactive ketones (excluding diaryl/α,β-unsaturated/α-hetero) is 1. The zero-order chi connectivity index (χ0) is 14.9. The fourth-order valence-corrected chi connectivity index (χ4v) is 3.07. The first-order valence-electron chi connectivity index (χ1n) is 6.10. The lowest BCUT2D eigenvalue weighted by atomic mass is 9.75. The highest BCUT2D eigenvalue weighted by molar-refractivity contribution is 7.80. The first-order chi connectivity index (χ1) is 9.45. The molecule has 0 saturated carbocycles. The number of hydrogen-bond donors (Lipinski definition) is 1. The number of thiocarbonyl (C=S) groups is 1. The van der Waals surface area contributed by atoms with Crippen molar-refractivity contribution >= 4 is 46.2 Å². The maximum Gasteiger partial charge on any atom is 0.139 e. The number of rotatable bonds is 2. The van der Waals surface area contributed by atoms with Crippen LogP contribution in [0.5, 0.6) is 0 Å². The standard InChI is InChI=1S/C15H13ClN2OS/c1-8-13(9(2)19)14(12(7-17)15(20)18-8)10-4-3-5-11(16)6-10/h3-6,13-14,17H,1-2H3/t13?,14-/m1/s1. The highest BCUT2D eigenvalue weighted by Gasteiger charge is 2.37. The molecular formula is C15H13ClN2OS. The normalized spacial score (nSPS) is 22.2. The second kappa shape index (κ2) is 5.80. The van der Waals surface area contributed by atoms with Crippen LogP contribution in [-0.4, -0.2) is 22.4 Å². The number of ketones is 1. The second-order valence-electron chi connectivity index (χ2n) is 4.72. The highest BCUT2D eigenvalue weighted by Crippen LogP contribution is 2.37. The summed E-state index contributed by atoms with van der Waals surface area (Å²) in [6, 6.07) is 7.26. The van der Waals surface area contributed by atoms with Crippen molar-refractivity contribution in [1.29, 1.82) is 5.41 Å². The van der Waals surface area contributed by atoms with Crippen LogP contribution in [0.1, 0.15) is 25.3 Å². The minimum atomic E-state index is -0.423. The van der Waals surface area contributed by atoms with Crippen molar-refractivity contribution in [2.75, 3.05) is 0 Å². The summed E-state index contributed by atoms with van der Waals surface area (Å²) in [5.74, 6) is 1.58. The van der Waals surface area contributed by atoms with Crippen LogP contribution >= 0.6 is 23.8 Å². The number of carbonyl (C=O) groups excluding carboxylic acids is 1. The molecule has 0 saturated heterocycles. The van der Waals surface area contributed by atoms with E-state index >= 15 is 0 Å². The molecule has 0 radical (unpaired) electrons. The van der Waals surface area contributed by atoms with Crippen molar-refractivity contribution < 1.29 is 4.79 Å². The van der Waals surface area contributed by atoms with E-state index in [-0.39, 0.29) is 11.7 Å².